The number of nitrogens with zero attached hydrogens (tertiary/aromatic N) is 1. The Morgan fingerprint density at radius 3 is 3.06 bits per heavy atom. The second-order valence-electron chi connectivity index (χ2n) is 4.39. The van der Waals surface area contributed by atoms with Crippen LogP contribution in [0.1, 0.15) is 22.6 Å². The molecule has 1 aromatic rings. The van der Waals surface area contributed by atoms with Crippen molar-refractivity contribution in [1.82, 2.24) is 15.6 Å². The van der Waals surface area contributed by atoms with Gasteiger partial charge in [0.25, 0.3) is 5.91 Å². The molecule has 0 aromatic carbocycles. The van der Waals surface area contributed by atoms with Gasteiger partial charge in [0.1, 0.15) is 0 Å². The topological polar surface area (TPSA) is 54.0 Å². The first-order valence-electron chi connectivity index (χ1n) is 5.38. The molecule has 1 amide bonds. The minimum absolute atomic E-state index is 0.0340. The van der Waals surface area contributed by atoms with E-state index in [4.69, 9.17) is 0 Å². The molecule has 4 nitrogen and oxygen atoms in total. The van der Waals surface area contributed by atoms with Crippen LogP contribution in [0.4, 0.5) is 0 Å². The predicted molar refractivity (Wildman–Crippen MR) is 65.6 cm³/mol. The third kappa shape index (κ3) is 1.89. The highest BCUT2D eigenvalue weighted by Gasteiger charge is 2.40. The molecule has 3 unspecified atom stereocenters. The quantitative estimate of drug-likeness (QED) is 0.868. The molecule has 0 spiro atoms. The van der Waals surface area contributed by atoms with Gasteiger partial charge in [-0.05, 0) is 34.7 Å². The minimum Gasteiger partial charge on any atom is -0.347 e. The van der Waals surface area contributed by atoms with E-state index in [1.807, 2.05) is 0 Å². The highest BCUT2D eigenvalue weighted by molar-refractivity contribution is 9.11. The summed E-state index contributed by atoms with van der Waals surface area (Å²) in [5.74, 6) is 0.575. The standard InChI is InChI=1S/C10H12BrN3OS/c11-8-4-13-10(16-8)9(15)14-7-2-6-1-5(7)3-12-6/h4-7,12H,1-3H2,(H,14,15). The van der Waals surface area contributed by atoms with Crippen LogP contribution in [0.25, 0.3) is 0 Å². The summed E-state index contributed by atoms with van der Waals surface area (Å²) < 4.78 is 0.896. The van der Waals surface area contributed by atoms with Crippen LogP contribution < -0.4 is 10.6 Å². The molecule has 1 saturated heterocycles. The number of aromatic nitrogens is 1. The average molecular weight is 302 g/mol. The number of hydrogen-bond acceptors (Lipinski definition) is 4. The lowest BCUT2D eigenvalue weighted by molar-refractivity contribution is 0.0924. The van der Waals surface area contributed by atoms with Gasteiger partial charge in [0.2, 0.25) is 0 Å². The van der Waals surface area contributed by atoms with Crippen molar-refractivity contribution in [2.24, 2.45) is 5.92 Å². The van der Waals surface area contributed by atoms with Gasteiger partial charge >= 0.3 is 0 Å². The molecule has 1 aliphatic carbocycles. The second-order valence-corrected chi connectivity index (χ2v) is 6.80. The summed E-state index contributed by atoms with van der Waals surface area (Å²) >= 11 is 4.69. The molecule has 1 aliphatic heterocycles. The molecule has 2 aliphatic rings. The van der Waals surface area contributed by atoms with E-state index < -0.39 is 0 Å². The summed E-state index contributed by atoms with van der Waals surface area (Å²) in [7, 11) is 0. The van der Waals surface area contributed by atoms with Crippen molar-refractivity contribution in [2.45, 2.75) is 24.9 Å². The maximum atomic E-state index is 11.9. The smallest absolute Gasteiger partial charge is 0.280 e. The molecular weight excluding hydrogens is 290 g/mol. The summed E-state index contributed by atoms with van der Waals surface area (Å²) in [5.41, 5.74) is 0. The summed E-state index contributed by atoms with van der Waals surface area (Å²) in [5, 5.41) is 7.06. The fourth-order valence-corrected chi connectivity index (χ4v) is 3.71. The van der Waals surface area contributed by atoms with E-state index in [1.54, 1.807) is 6.20 Å². The van der Waals surface area contributed by atoms with Crippen molar-refractivity contribution in [3.8, 4) is 0 Å². The molecule has 0 radical (unpaired) electrons. The van der Waals surface area contributed by atoms with Crippen LogP contribution in [-0.2, 0) is 0 Å². The number of hydrogen-bond donors (Lipinski definition) is 2. The van der Waals surface area contributed by atoms with Gasteiger partial charge in [-0.2, -0.15) is 0 Å². The Morgan fingerprint density at radius 2 is 2.50 bits per heavy atom. The van der Waals surface area contributed by atoms with Gasteiger partial charge in [0.15, 0.2) is 5.01 Å². The zero-order valence-corrected chi connectivity index (χ0v) is 11.0. The lowest BCUT2D eigenvalue weighted by Gasteiger charge is -2.22. The van der Waals surface area contributed by atoms with Gasteiger partial charge in [-0.1, -0.05) is 0 Å². The van der Waals surface area contributed by atoms with Crippen molar-refractivity contribution in [1.29, 1.82) is 0 Å². The van der Waals surface area contributed by atoms with Crippen LogP contribution in [0, 0.1) is 5.92 Å². The molecule has 1 saturated carbocycles. The lowest BCUT2D eigenvalue weighted by Crippen LogP contribution is -2.44. The third-order valence-corrected chi connectivity index (χ3v) is 4.83. The number of carbonyl (C=O) groups excluding carboxylic acids is 1. The van der Waals surface area contributed by atoms with Crippen LogP contribution in [0.5, 0.6) is 0 Å². The molecule has 2 heterocycles. The van der Waals surface area contributed by atoms with Crippen LogP contribution in [-0.4, -0.2) is 29.5 Å². The first-order valence-corrected chi connectivity index (χ1v) is 6.99. The Hall–Kier alpha value is -0.460. The number of halogens is 1. The van der Waals surface area contributed by atoms with Gasteiger partial charge in [-0.25, -0.2) is 4.98 Å². The van der Waals surface area contributed by atoms with Crippen molar-refractivity contribution in [3.63, 3.8) is 0 Å². The number of amides is 1. The van der Waals surface area contributed by atoms with E-state index in [2.05, 4.69) is 31.5 Å². The Kier molecular flexibility index (Phi) is 2.73. The molecule has 16 heavy (non-hydrogen) atoms. The summed E-state index contributed by atoms with van der Waals surface area (Å²) in [6.45, 7) is 1.04. The van der Waals surface area contributed by atoms with E-state index in [9.17, 15) is 4.79 Å². The van der Waals surface area contributed by atoms with Gasteiger partial charge in [-0.3, -0.25) is 4.79 Å². The normalized spacial score (nSPS) is 31.9. The van der Waals surface area contributed by atoms with Crippen LogP contribution in [0.15, 0.2) is 9.98 Å². The summed E-state index contributed by atoms with van der Waals surface area (Å²) in [6, 6.07) is 0.944. The first-order chi connectivity index (χ1) is 7.72. The Bertz CT molecular complexity index is 422. The summed E-state index contributed by atoms with van der Waals surface area (Å²) in [6.07, 6.45) is 3.93. The van der Waals surface area contributed by atoms with Crippen molar-refractivity contribution in [3.05, 3.63) is 15.0 Å². The number of thiazole rings is 1. The zero-order valence-electron chi connectivity index (χ0n) is 8.57. The molecule has 1 aromatic heterocycles. The van der Waals surface area contributed by atoms with E-state index in [1.165, 1.54) is 17.8 Å². The van der Waals surface area contributed by atoms with Gasteiger partial charge in [-0.15, -0.1) is 11.3 Å². The van der Waals surface area contributed by atoms with Gasteiger partial charge < -0.3 is 10.6 Å². The highest BCUT2D eigenvalue weighted by Crippen LogP contribution is 2.31. The molecule has 2 fully saturated rings. The maximum Gasteiger partial charge on any atom is 0.280 e. The fraction of sp³-hybridized carbons (Fsp3) is 0.600. The van der Waals surface area contributed by atoms with Gasteiger partial charge in [0.05, 0.1) is 9.98 Å². The molecule has 2 N–H and O–H groups in total. The van der Waals surface area contributed by atoms with Gasteiger partial charge in [0, 0.05) is 18.6 Å². The van der Waals surface area contributed by atoms with Crippen LogP contribution in [0.2, 0.25) is 0 Å². The monoisotopic (exact) mass is 301 g/mol. The molecular formula is C10H12BrN3OS. The van der Waals surface area contributed by atoms with Crippen molar-refractivity contribution in [2.75, 3.05) is 6.54 Å². The predicted octanol–water partition coefficient (Wildman–Crippen LogP) is 1.39. The Balaban J connectivity index is 1.65. The number of nitrogens with one attached hydrogen (secondary N) is 2. The number of fused-ring (bicyclic) bond motifs is 2. The van der Waals surface area contributed by atoms with E-state index in [-0.39, 0.29) is 5.91 Å². The van der Waals surface area contributed by atoms with E-state index >= 15 is 0 Å². The Labute approximate surface area is 106 Å². The van der Waals surface area contributed by atoms with E-state index in [0.717, 1.165) is 16.8 Å². The third-order valence-electron chi connectivity index (χ3n) is 3.35. The molecule has 2 bridgehead atoms. The molecule has 3 atom stereocenters. The maximum absolute atomic E-state index is 11.9. The fourth-order valence-electron chi connectivity index (χ4n) is 2.60. The molecule has 3 rings (SSSR count). The number of rotatable bonds is 2. The zero-order chi connectivity index (χ0) is 11.1. The molecule has 6 heteroatoms. The Morgan fingerprint density at radius 1 is 1.62 bits per heavy atom. The van der Waals surface area contributed by atoms with Crippen molar-refractivity contribution < 1.29 is 4.79 Å². The largest absolute Gasteiger partial charge is 0.347 e. The highest BCUT2D eigenvalue weighted by atomic mass is 79.9. The number of carbonyl (C=O) groups is 1. The number of piperidine rings is 1. The first kappa shape index (κ1) is 10.7. The average Bonchev–Trinajstić information content (AvgIpc) is 2.92. The second kappa shape index (κ2) is 4.09. The van der Waals surface area contributed by atoms with Crippen LogP contribution in [0.3, 0.4) is 0 Å². The molecule has 86 valence electrons. The van der Waals surface area contributed by atoms with Crippen LogP contribution >= 0.6 is 27.3 Å². The van der Waals surface area contributed by atoms with Crippen molar-refractivity contribution >= 4 is 33.2 Å². The SMILES string of the molecule is O=C(NC1CC2CC1CN2)c1ncc(Br)s1. The van der Waals surface area contributed by atoms with E-state index in [0.29, 0.717) is 23.0 Å². The minimum atomic E-state index is -0.0340. The lowest BCUT2D eigenvalue weighted by atomic mass is 10.0. The summed E-state index contributed by atoms with van der Waals surface area (Å²) in [4.78, 5) is 15.9.